The zero-order chi connectivity index (χ0) is 40.1. The molecule has 0 saturated carbocycles. The Morgan fingerprint density at radius 3 is 1.56 bits per heavy atom. The van der Waals surface area contributed by atoms with Gasteiger partial charge in [-0.3, -0.25) is 29.0 Å². The maximum Gasteiger partial charge on any atom is 0.247 e. The van der Waals surface area contributed by atoms with Crippen LogP contribution in [0.3, 0.4) is 0 Å². The monoisotopic (exact) mass is 767 g/mol. The van der Waals surface area contributed by atoms with Crippen LogP contribution in [0, 0.1) is 0 Å². The zero-order valence-corrected chi connectivity index (χ0v) is 32.8. The van der Waals surface area contributed by atoms with Crippen molar-refractivity contribution in [3.05, 3.63) is 127 Å². The third-order valence-electron chi connectivity index (χ3n) is 10.7. The maximum atomic E-state index is 13.8. The highest BCUT2D eigenvalue weighted by Gasteiger charge is 2.40. The summed E-state index contributed by atoms with van der Waals surface area (Å²) in [5.74, 6) is 0.190. The van der Waals surface area contributed by atoms with E-state index in [0.717, 1.165) is 24.0 Å². The molecule has 2 fully saturated rings. The van der Waals surface area contributed by atoms with E-state index < -0.39 is 24.2 Å². The van der Waals surface area contributed by atoms with Gasteiger partial charge in [0.05, 0.1) is 6.20 Å². The van der Waals surface area contributed by atoms with Crippen molar-refractivity contribution in [1.82, 2.24) is 24.6 Å². The Bertz CT molecular complexity index is 2050. The van der Waals surface area contributed by atoms with Gasteiger partial charge >= 0.3 is 0 Å². The van der Waals surface area contributed by atoms with Crippen LogP contribution in [0.4, 0.5) is 11.4 Å². The van der Waals surface area contributed by atoms with E-state index in [-0.39, 0.29) is 23.6 Å². The summed E-state index contributed by atoms with van der Waals surface area (Å²) in [7, 11) is 7.49. The number of carbonyl (C=O) groups is 4. The van der Waals surface area contributed by atoms with Crippen molar-refractivity contribution in [1.29, 1.82) is 0 Å². The molecule has 12 heteroatoms. The molecule has 2 aliphatic heterocycles. The van der Waals surface area contributed by atoms with Gasteiger partial charge in [0.25, 0.3) is 0 Å². The molecule has 7 rings (SSSR count). The van der Waals surface area contributed by atoms with Gasteiger partial charge in [0.1, 0.15) is 24.2 Å². The number of nitrogens with one attached hydrogen (secondary N) is 2. The molecule has 0 spiro atoms. The second-order valence-electron chi connectivity index (χ2n) is 15.1. The van der Waals surface area contributed by atoms with Crippen molar-refractivity contribution in [3.63, 3.8) is 0 Å². The Kier molecular flexibility index (Phi) is 11.9. The molecule has 0 bridgehead atoms. The number of carbonyl (C=O) groups excluding carboxylic acids is 4. The Morgan fingerprint density at radius 1 is 0.632 bits per heavy atom. The summed E-state index contributed by atoms with van der Waals surface area (Å²) in [6.45, 7) is 1.03. The number of likely N-dealkylation sites (tertiary alicyclic amines) is 2. The van der Waals surface area contributed by atoms with E-state index in [1.807, 2.05) is 129 Å². The number of likely N-dealkylation sites (N-methyl/N-ethyl adjacent to an activating group) is 2. The van der Waals surface area contributed by atoms with Crippen molar-refractivity contribution in [2.75, 3.05) is 51.9 Å². The second kappa shape index (κ2) is 17.4. The first-order valence-corrected chi connectivity index (χ1v) is 19.4. The standard InChI is InChI=1S/C45H49N7O5/c1-49(2)39(30-15-7-5-8-16-30)44(55)51-25-13-23-36(51)41(53)47-34-21-11-19-32(27-34)38-29-46-43(57-38)33-20-12-22-35(28-33)48-42(54)37-24-14-26-52(37)45(56)40(50(3)4)31-17-9-6-10-18-31/h5-12,15-22,27-29,36-37,39-40H,13-14,23-26H2,1-4H3,(H,47,53)(H,48,54)/t36-,37-,39+,40+/m0/s1. The second-order valence-corrected chi connectivity index (χ2v) is 15.1. The minimum atomic E-state index is -0.588. The van der Waals surface area contributed by atoms with Crippen molar-refractivity contribution in [3.8, 4) is 22.8 Å². The van der Waals surface area contributed by atoms with Crippen LogP contribution in [-0.2, 0) is 19.2 Å². The minimum Gasteiger partial charge on any atom is -0.436 e. The third-order valence-corrected chi connectivity index (χ3v) is 10.7. The van der Waals surface area contributed by atoms with E-state index in [9.17, 15) is 19.2 Å². The van der Waals surface area contributed by atoms with Crippen molar-refractivity contribution < 1.29 is 23.6 Å². The molecule has 3 heterocycles. The van der Waals surface area contributed by atoms with Gasteiger partial charge in [0.15, 0.2) is 5.76 Å². The number of amides is 4. The molecule has 2 N–H and O–H groups in total. The van der Waals surface area contributed by atoms with Crippen LogP contribution in [0.5, 0.6) is 0 Å². The molecule has 57 heavy (non-hydrogen) atoms. The zero-order valence-electron chi connectivity index (χ0n) is 32.8. The number of hydrogen-bond acceptors (Lipinski definition) is 8. The number of hydrogen-bond donors (Lipinski definition) is 2. The summed E-state index contributed by atoms with van der Waals surface area (Å²) in [6.07, 6.45) is 4.28. The van der Waals surface area contributed by atoms with E-state index in [1.165, 1.54) is 0 Å². The Labute approximate surface area is 333 Å². The summed E-state index contributed by atoms with van der Waals surface area (Å²) in [4.78, 5) is 66.6. The van der Waals surface area contributed by atoms with Crippen LogP contribution in [-0.4, -0.2) is 102 Å². The number of benzene rings is 4. The van der Waals surface area contributed by atoms with Crippen LogP contribution >= 0.6 is 0 Å². The van der Waals surface area contributed by atoms with Gasteiger partial charge in [-0.1, -0.05) is 78.9 Å². The highest BCUT2D eigenvalue weighted by Crippen LogP contribution is 2.32. The summed E-state index contributed by atoms with van der Waals surface area (Å²) < 4.78 is 6.20. The third kappa shape index (κ3) is 8.67. The van der Waals surface area contributed by atoms with Gasteiger partial charge in [-0.25, -0.2) is 4.98 Å². The fraction of sp³-hybridized carbons (Fsp3) is 0.311. The lowest BCUT2D eigenvalue weighted by Gasteiger charge is -2.31. The van der Waals surface area contributed by atoms with Crippen LogP contribution in [0.1, 0.15) is 48.9 Å². The van der Waals surface area contributed by atoms with E-state index in [2.05, 4.69) is 15.6 Å². The first-order chi connectivity index (χ1) is 27.6. The van der Waals surface area contributed by atoms with Gasteiger partial charge in [-0.15, -0.1) is 0 Å². The van der Waals surface area contributed by atoms with E-state index >= 15 is 0 Å². The number of anilines is 2. The lowest BCUT2D eigenvalue weighted by atomic mass is 10.0. The number of oxazole rings is 1. The van der Waals surface area contributed by atoms with Gasteiger partial charge in [-0.2, -0.15) is 0 Å². The first kappa shape index (κ1) is 39.1. The molecule has 0 radical (unpaired) electrons. The highest BCUT2D eigenvalue weighted by atomic mass is 16.4. The topological polar surface area (TPSA) is 131 Å². The van der Waals surface area contributed by atoms with Gasteiger partial charge in [-0.05, 0) is 95.3 Å². The highest BCUT2D eigenvalue weighted by molar-refractivity contribution is 5.99. The summed E-state index contributed by atoms with van der Waals surface area (Å²) in [5, 5.41) is 6.05. The molecular weight excluding hydrogens is 719 g/mol. The smallest absolute Gasteiger partial charge is 0.247 e. The lowest BCUT2D eigenvalue weighted by Crippen LogP contribution is -2.47. The molecule has 4 aromatic carbocycles. The molecule has 4 atom stereocenters. The van der Waals surface area contributed by atoms with Crippen molar-refractivity contribution in [2.24, 2.45) is 0 Å². The largest absolute Gasteiger partial charge is 0.436 e. The normalized spacial score (nSPS) is 17.8. The fourth-order valence-corrected chi connectivity index (χ4v) is 7.99. The number of nitrogens with zero attached hydrogens (tertiary/aromatic N) is 5. The van der Waals surface area contributed by atoms with Crippen LogP contribution in [0.25, 0.3) is 22.8 Å². The Balaban J connectivity index is 1.01. The average Bonchev–Trinajstić information content (AvgIpc) is 4.01. The predicted octanol–water partition coefficient (Wildman–Crippen LogP) is 6.47. The first-order valence-electron chi connectivity index (χ1n) is 19.4. The number of rotatable bonds is 12. The minimum absolute atomic E-state index is 0.0944. The number of aromatic nitrogens is 1. The van der Waals surface area contributed by atoms with Gasteiger partial charge < -0.3 is 24.9 Å². The summed E-state index contributed by atoms with van der Waals surface area (Å²) in [6, 6.07) is 31.7. The molecule has 1 aromatic heterocycles. The predicted molar refractivity (Wildman–Crippen MR) is 220 cm³/mol. The Morgan fingerprint density at radius 2 is 1.09 bits per heavy atom. The molecule has 0 aliphatic carbocycles. The van der Waals surface area contributed by atoms with Gasteiger partial charge in [0.2, 0.25) is 29.5 Å². The molecule has 4 amide bonds. The van der Waals surface area contributed by atoms with Crippen molar-refractivity contribution in [2.45, 2.75) is 49.9 Å². The molecular formula is C45H49N7O5. The quantitative estimate of drug-likeness (QED) is 0.148. The summed E-state index contributed by atoms with van der Waals surface area (Å²) in [5.41, 5.74) is 4.28. The van der Waals surface area contributed by atoms with E-state index in [4.69, 9.17) is 4.42 Å². The van der Waals surface area contributed by atoms with Gasteiger partial charge in [0, 0.05) is 35.6 Å². The molecule has 2 aliphatic rings. The molecule has 0 unspecified atom stereocenters. The molecule has 2 saturated heterocycles. The summed E-state index contributed by atoms with van der Waals surface area (Å²) >= 11 is 0. The fourth-order valence-electron chi connectivity index (χ4n) is 7.99. The molecule has 5 aromatic rings. The van der Waals surface area contributed by atoms with Crippen LogP contribution in [0.15, 0.2) is 120 Å². The van der Waals surface area contributed by atoms with Crippen molar-refractivity contribution >= 4 is 35.0 Å². The van der Waals surface area contributed by atoms with E-state index in [0.29, 0.717) is 60.1 Å². The van der Waals surface area contributed by atoms with Crippen LogP contribution in [0.2, 0.25) is 0 Å². The molecule has 294 valence electrons. The Hall–Kier alpha value is -6.11. The van der Waals surface area contributed by atoms with E-state index in [1.54, 1.807) is 34.2 Å². The van der Waals surface area contributed by atoms with Crippen LogP contribution < -0.4 is 10.6 Å². The SMILES string of the molecule is CN(C)[C@@H](C(=O)N1CCC[C@H]1C(=O)Nc1cccc(-c2cnc(-c3cccc(NC(=O)[C@@H]4CCCN4C(=O)[C@@H](c4ccccc4)N(C)C)c3)o2)c1)c1ccccc1. The maximum absolute atomic E-state index is 13.8. The average molecular weight is 768 g/mol. The lowest BCUT2D eigenvalue weighted by molar-refractivity contribution is -0.141. The molecule has 12 nitrogen and oxygen atoms in total.